The third kappa shape index (κ3) is 5.56. The van der Waals surface area contributed by atoms with E-state index in [0.29, 0.717) is 27.4 Å². The molecule has 1 unspecified atom stereocenters. The smallest absolute Gasteiger partial charge is 0.325 e. The van der Waals surface area contributed by atoms with Gasteiger partial charge in [0.2, 0.25) is 10.0 Å². The molecule has 1 atom stereocenters. The number of nitrogens with zero attached hydrogens (tertiary/aromatic N) is 3. The Balaban J connectivity index is 1.69. The number of piperidine rings is 1. The highest BCUT2D eigenvalue weighted by molar-refractivity contribution is 7.91. The van der Waals surface area contributed by atoms with E-state index in [4.69, 9.17) is 21.5 Å². The Kier molecular flexibility index (Phi) is 7.71. The van der Waals surface area contributed by atoms with Gasteiger partial charge >= 0.3 is 5.97 Å². The predicted octanol–water partition coefficient (Wildman–Crippen LogP) is 1.77. The van der Waals surface area contributed by atoms with Crippen LogP contribution in [0.15, 0.2) is 44.4 Å². The molecule has 1 fully saturated rings. The normalized spacial score (nSPS) is 18.0. The molecule has 194 valence electrons. The van der Waals surface area contributed by atoms with Crippen molar-refractivity contribution in [1.82, 2.24) is 8.87 Å². The number of amides is 1. The van der Waals surface area contributed by atoms with Gasteiger partial charge in [0.25, 0.3) is 15.9 Å². The largest absolute Gasteiger partial charge is 0.468 e. The Morgan fingerprint density at radius 3 is 2.58 bits per heavy atom. The summed E-state index contributed by atoms with van der Waals surface area (Å²) in [6.45, 7) is -0.0392. The molecule has 0 radical (unpaired) electrons. The van der Waals surface area contributed by atoms with Gasteiger partial charge in [0, 0.05) is 13.1 Å². The zero-order valence-corrected chi connectivity index (χ0v) is 22.8. The van der Waals surface area contributed by atoms with Crippen LogP contribution < -0.4 is 9.94 Å². The van der Waals surface area contributed by atoms with Gasteiger partial charge in [-0.2, -0.15) is 9.30 Å². The van der Waals surface area contributed by atoms with Gasteiger partial charge < -0.3 is 9.30 Å². The van der Waals surface area contributed by atoms with Gasteiger partial charge in [-0.05, 0) is 43.2 Å². The van der Waals surface area contributed by atoms with Gasteiger partial charge in [0.1, 0.15) is 10.8 Å². The number of ether oxygens (including phenoxy) is 1. The number of methoxy groups -OCH3 is 1. The highest BCUT2D eigenvalue weighted by atomic mass is 35.5. The molecule has 2 N–H and O–H groups in total. The van der Waals surface area contributed by atoms with Crippen molar-refractivity contribution in [2.24, 2.45) is 16.0 Å². The minimum absolute atomic E-state index is 0.0440. The molecule has 2 aromatic heterocycles. The Hall–Kier alpha value is -2.14. The van der Waals surface area contributed by atoms with Gasteiger partial charge in [0.05, 0.1) is 32.5 Å². The minimum atomic E-state index is -3.97. The summed E-state index contributed by atoms with van der Waals surface area (Å²) >= 11 is 7.85. The van der Waals surface area contributed by atoms with Gasteiger partial charge in [-0.3, -0.25) is 9.59 Å². The topological polar surface area (TPSA) is 158 Å². The van der Waals surface area contributed by atoms with Crippen LogP contribution in [-0.2, 0) is 40.9 Å². The second kappa shape index (κ2) is 10.3. The average molecular weight is 593 g/mol. The quantitative estimate of drug-likeness (QED) is 0.427. The Labute approximate surface area is 219 Å². The summed E-state index contributed by atoms with van der Waals surface area (Å²) in [5.74, 6) is -1.83. The number of halogens is 1. The lowest BCUT2D eigenvalue weighted by Crippen LogP contribution is -2.42. The van der Waals surface area contributed by atoms with Crippen molar-refractivity contribution in [3.8, 4) is 0 Å². The SMILES string of the molecule is COC(=O)Cn1c(=NC(=O)C2CCCN(S(=O)(=O)c3ccc(Cl)s3)C2)sc2cc(S(N)(=O)=O)ccc21. The summed E-state index contributed by atoms with van der Waals surface area (Å²) in [4.78, 5) is 29.4. The molecule has 3 heterocycles. The molecule has 16 heteroatoms. The zero-order valence-electron chi connectivity index (χ0n) is 18.8. The summed E-state index contributed by atoms with van der Waals surface area (Å²) in [6, 6.07) is 7.04. The maximum atomic E-state index is 13.1. The van der Waals surface area contributed by atoms with Gasteiger partial charge in [-0.15, -0.1) is 11.3 Å². The number of benzene rings is 1. The van der Waals surface area contributed by atoms with Crippen LogP contribution in [0.25, 0.3) is 10.2 Å². The molecule has 1 aliphatic heterocycles. The monoisotopic (exact) mass is 592 g/mol. The number of fused-ring (bicyclic) bond motifs is 1. The van der Waals surface area contributed by atoms with E-state index >= 15 is 0 Å². The molecule has 1 aromatic carbocycles. The van der Waals surface area contributed by atoms with Crippen LogP contribution >= 0.6 is 34.3 Å². The summed E-state index contributed by atoms with van der Waals surface area (Å²) in [7, 11) is -6.56. The first-order chi connectivity index (χ1) is 16.9. The molecule has 1 amide bonds. The van der Waals surface area contributed by atoms with Crippen molar-refractivity contribution in [3.05, 3.63) is 39.5 Å². The number of carbonyl (C=O) groups is 2. The maximum absolute atomic E-state index is 13.1. The van der Waals surface area contributed by atoms with E-state index in [2.05, 4.69) is 4.99 Å². The molecule has 1 saturated heterocycles. The molecule has 36 heavy (non-hydrogen) atoms. The third-order valence-electron chi connectivity index (χ3n) is 5.58. The number of aromatic nitrogens is 1. The van der Waals surface area contributed by atoms with Crippen LogP contribution in [-0.4, -0.2) is 57.8 Å². The van der Waals surface area contributed by atoms with Crippen molar-refractivity contribution < 1.29 is 31.2 Å². The number of thiazole rings is 1. The highest BCUT2D eigenvalue weighted by Gasteiger charge is 2.34. The second-order valence-electron chi connectivity index (χ2n) is 7.93. The fourth-order valence-corrected chi connectivity index (χ4v) is 8.62. The molecular formula is C20H21ClN4O7S4. The molecule has 0 saturated carbocycles. The summed E-state index contributed by atoms with van der Waals surface area (Å²) in [5.41, 5.74) is 0.465. The predicted molar refractivity (Wildman–Crippen MR) is 135 cm³/mol. The van der Waals surface area contributed by atoms with Gasteiger partial charge in [-0.1, -0.05) is 22.9 Å². The lowest BCUT2D eigenvalue weighted by atomic mass is 9.99. The Morgan fingerprint density at radius 2 is 1.94 bits per heavy atom. The van der Waals surface area contributed by atoms with Gasteiger partial charge in [0.15, 0.2) is 4.80 Å². The lowest BCUT2D eigenvalue weighted by Gasteiger charge is -2.29. The zero-order chi connectivity index (χ0) is 26.3. The minimum Gasteiger partial charge on any atom is -0.468 e. The van der Waals surface area contributed by atoms with E-state index in [0.717, 1.165) is 22.7 Å². The first-order valence-electron chi connectivity index (χ1n) is 10.5. The van der Waals surface area contributed by atoms with Crippen LogP contribution in [0.2, 0.25) is 4.34 Å². The molecule has 11 nitrogen and oxygen atoms in total. The highest BCUT2D eigenvalue weighted by Crippen LogP contribution is 2.31. The molecule has 0 spiro atoms. The Bertz CT molecular complexity index is 1620. The number of sulfonamides is 2. The molecule has 1 aliphatic rings. The van der Waals surface area contributed by atoms with Crippen LogP contribution in [0.5, 0.6) is 0 Å². The van der Waals surface area contributed by atoms with Crippen LogP contribution in [0.4, 0.5) is 0 Å². The van der Waals surface area contributed by atoms with Crippen molar-refractivity contribution in [3.63, 3.8) is 0 Å². The molecule has 4 rings (SSSR count). The average Bonchev–Trinajstić information content (AvgIpc) is 3.42. The third-order valence-corrected chi connectivity index (χ3v) is 11.1. The lowest BCUT2D eigenvalue weighted by molar-refractivity contribution is -0.141. The van der Waals surface area contributed by atoms with Crippen LogP contribution in [0, 0.1) is 5.92 Å². The number of primary sulfonamides is 1. The van der Waals surface area contributed by atoms with Crippen molar-refractivity contribution in [2.45, 2.75) is 28.5 Å². The number of thiophene rings is 1. The molecule has 0 aliphatic carbocycles. The number of hydrogen-bond acceptors (Lipinski definition) is 9. The fourth-order valence-electron chi connectivity index (χ4n) is 3.77. The van der Waals surface area contributed by atoms with Crippen molar-refractivity contribution in [2.75, 3.05) is 20.2 Å². The van der Waals surface area contributed by atoms with E-state index < -0.39 is 37.8 Å². The summed E-state index contributed by atoms with van der Waals surface area (Å²) in [6.07, 6.45) is 0.910. The van der Waals surface area contributed by atoms with E-state index in [1.807, 2.05) is 0 Å². The van der Waals surface area contributed by atoms with Gasteiger partial charge in [-0.25, -0.2) is 22.0 Å². The van der Waals surface area contributed by atoms with E-state index in [1.54, 1.807) is 0 Å². The van der Waals surface area contributed by atoms with Crippen LogP contribution in [0.3, 0.4) is 0 Å². The molecular weight excluding hydrogens is 572 g/mol. The van der Waals surface area contributed by atoms with Crippen molar-refractivity contribution >= 4 is 76.4 Å². The van der Waals surface area contributed by atoms with Crippen LogP contribution in [0.1, 0.15) is 12.8 Å². The van der Waals surface area contributed by atoms with E-state index in [-0.39, 0.29) is 33.5 Å². The fraction of sp³-hybridized carbons (Fsp3) is 0.350. The first-order valence-corrected chi connectivity index (χ1v) is 15.5. The van der Waals surface area contributed by atoms with E-state index in [9.17, 15) is 26.4 Å². The second-order valence-corrected chi connectivity index (χ2v) is 14.4. The number of carbonyl (C=O) groups excluding carboxylic acids is 2. The number of nitrogens with two attached hydrogens (primary N) is 1. The molecule has 0 bridgehead atoms. The number of rotatable bonds is 6. The Morgan fingerprint density at radius 1 is 1.19 bits per heavy atom. The summed E-state index contributed by atoms with van der Waals surface area (Å²) in [5, 5.41) is 5.22. The number of hydrogen-bond donors (Lipinski definition) is 1. The molecule has 3 aromatic rings. The van der Waals surface area contributed by atoms with E-state index in [1.165, 1.54) is 46.3 Å². The first kappa shape index (κ1) is 26.9. The maximum Gasteiger partial charge on any atom is 0.325 e. The summed E-state index contributed by atoms with van der Waals surface area (Å²) < 4.78 is 57.8. The van der Waals surface area contributed by atoms with Crippen molar-refractivity contribution in [1.29, 1.82) is 0 Å². The number of esters is 1. The standard InChI is InChI=1S/C20H21ClN4O7S4/c1-32-17(26)11-25-14-5-4-13(35(22,28)29)9-15(14)33-20(25)23-19(27)12-3-2-8-24(10-12)36(30,31)18-7-6-16(21)34-18/h4-7,9,12H,2-3,8,10-11H2,1H3,(H2,22,28,29).